The Kier molecular flexibility index (Phi) is 2.89. The molecular formula is C10H8ClF2N3. The van der Waals surface area contributed by atoms with Crippen LogP contribution in [0.1, 0.15) is 12.1 Å². The standard InChI is InChI=1S/C10H8ClF2N3/c11-5-1-2-7-6(3-5)8(16-14)4-9(15-7)10(12)13/h1-4,10H,14H2,(H,15,16). The number of anilines is 1. The largest absolute Gasteiger partial charge is 0.323 e. The number of pyridine rings is 1. The fourth-order valence-electron chi connectivity index (χ4n) is 1.45. The van der Waals surface area contributed by atoms with Gasteiger partial charge in [0.05, 0.1) is 11.2 Å². The highest BCUT2D eigenvalue weighted by Gasteiger charge is 2.12. The number of nitrogen functional groups attached to an aromatic ring is 1. The molecule has 6 heteroatoms. The van der Waals surface area contributed by atoms with Crippen LogP contribution in [0.4, 0.5) is 14.5 Å². The van der Waals surface area contributed by atoms with E-state index >= 15 is 0 Å². The van der Waals surface area contributed by atoms with Gasteiger partial charge in [-0.2, -0.15) is 0 Å². The van der Waals surface area contributed by atoms with Gasteiger partial charge in [0.25, 0.3) is 6.43 Å². The molecule has 2 aromatic rings. The molecular weight excluding hydrogens is 236 g/mol. The molecule has 1 aromatic heterocycles. The van der Waals surface area contributed by atoms with Gasteiger partial charge in [0, 0.05) is 10.4 Å². The number of benzene rings is 1. The summed E-state index contributed by atoms with van der Waals surface area (Å²) in [5, 5.41) is 1.11. The molecule has 2 rings (SSSR count). The first-order valence-electron chi connectivity index (χ1n) is 4.47. The second-order valence-corrected chi connectivity index (χ2v) is 3.64. The van der Waals surface area contributed by atoms with Crippen molar-refractivity contribution < 1.29 is 8.78 Å². The Labute approximate surface area is 95.2 Å². The summed E-state index contributed by atoms with van der Waals surface area (Å²) < 4.78 is 25.1. The van der Waals surface area contributed by atoms with Crippen LogP contribution in [0.25, 0.3) is 10.9 Å². The third-order valence-corrected chi connectivity index (χ3v) is 2.40. The van der Waals surface area contributed by atoms with E-state index in [-0.39, 0.29) is 5.69 Å². The van der Waals surface area contributed by atoms with Crippen molar-refractivity contribution in [2.45, 2.75) is 6.43 Å². The highest BCUT2D eigenvalue weighted by Crippen LogP contribution is 2.28. The van der Waals surface area contributed by atoms with Gasteiger partial charge >= 0.3 is 0 Å². The van der Waals surface area contributed by atoms with Crippen LogP contribution in [0.5, 0.6) is 0 Å². The van der Waals surface area contributed by atoms with Crippen molar-refractivity contribution in [3.05, 3.63) is 35.0 Å². The van der Waals surface area contributed by atoms with Gasteiger partial charge in [-0.05, 0) is 24.3 Å². The second kappa shape index (κ2) is 4.19. The number of fused-ring (bicyclic) bond motifs is 1. The summed E-state index contributed by atoms with van der Waals surface area (Å²) in [6.07, 6.45) is -2.63. The number of hydrogen-bond donors (Lipinski definition) is 2. The number of halogens is 3. The van der Waals surface area contributed by atoms with E-state index in [1.54, 1.807) is 18.2 Å². The zero-order valence-electron chi connectivity index (χ0n) is 8.05. The molecule has 1 aromatic carbocycles. The number of nitrogens with one attached hydrogen (secondary N) is 1. The predicted molar refractivity (Wildman–Crippen MR) is 59.5 cm³/mol. The maximum absolute atomic E-state index is 12.5. The Morgan fingerprint density at radius 1 is 1.31 bits per heavy atom. The Morgan fingerprint density at radius 3 is 2.69 bits per heavy atom. The Morgan fingerprint density at radius 2 is 2.06 bits per heavy atom. The van der Waals surface area contributed by atoms with E-state index in [2.05, 4.69) is 10.4 Å². The highest BCUT2D eigenvalue weighted by atomic mass is 35.5. The molecule has 0 aliphatic carbocycles. The fourth-order valence-corrected chi connectivity index (χ4v) is 1.62. The lowest BCUT2D eigenvalue weighted by atomic mass is 10.1. The highest BCUT2D eigenvalue weighted by molar-refractivity contribution is 6.31. The molecule has 0 aliphatic heterocycles. The number of hydrazine groups is 1. The molecule has 0 saturated heterocycles. The molecule has 0 aliphatic rings. The lowest BCUT2D eigenvalue weighted by molar-refractivity contribution is 0.146. The minimum Gasteiger partial charge on any atom is -0.323 e. The van der Waals surface area contributed by atoms with E-state index in [1.807, 2.05) is 0 Å². The molecule has 0 amide bonds. The van der Waals surface area contributed by atoms with Crippen LogP contribution in [-0.2, 0) is 0 Å². The van der Waals surface area contributed by atoms with Crippen LogP contribution < -0.4 is 11.3 Å². The van der Waals surface area contributed by atoms with Crippen LogP contribution in [0.3, 0.4) is 0 Å². The zero-order chi connectivity index (χ0) is 11.7. The SMILES string of the molecule is NNc1cc(C(F)F)nc2ccc(Cl)cc12. The van der Waals surface area contributed by atoms with Crippen molar-refractivity contribution in [3.63, 3.8) is 0 Å². The summed E-state index contributed by atoms with van der Waals surface area (Å²) in [7, 11) is 0. The monoisotopic (exact) mass is 243 g/mol. The van der Waals surface area contributed by atoms with Gasteiger partial charge in [-0.1, -0.05) is 11.6 Å². The van der Waals surface area contributed by atoms with Crippen LogP contribution in [0.2, 0.25) is 5.02 Å². The molecule has 0 saturated carbocycles. The summed E-state index contributed by atoms with van der Waals surface area (Å²) in [6.45, 7) is 0. The molecule has 0 unspecified atom stereocenters. The Hall–Kier alpha value is -1.46. The third-order valence-electron chi connectivity index (χ3n) is 2.17. The minimum absolute atomic E-state index is 0.317. The first kappa shape index (κ1) is 11.0. The molecule has 0 fully saturated rings. The number of rotatable bonds is 2. The number of aromatic nitrogens is 1. The molecule has 0 bridgehead atoms. The van der Waals surface area contributed by atoms with Gasteiger partial charge in [-0.25, -0.2) is 13.8 Å². The van der Waals surface area contributed by atoms with E-state index in [1.165, 1.54) is 6.07 Å². The topological polar surface area (TPSA) is 50.9 Å². The van der Waals surface area contributed by atoms with E-state index in [9.17, 15) is 8.78 Å². The molecule has 1 heterocycles. The predicted octanol–water partition coefficient (Wildman–Crippen LogP) is 3.11. The van der Waals surface area contributed by atoms with Crippen LogP contribution in [-0.4, -0.2) is 4.98 Å². The summed E-state index contributed by atoms with van der Waals surface area (Å²) in [5.74, 6) is 5.27. The summed E-state index contributed by atoms with van der Waals surface area (Å²) in [4.78, 5) is 3.82. The molecule has 3 N–H and O–H groups in total. The van der Waals surface area contributed by atoms with Crippen molar-refractivity contribution in [1.82, 2.24) is 4.98 Å². The average molecular weight is 244 g/mol. The summed E-state index contributed by atoms with van der Waals surface area (Å²) in [6, 6.07) is 5.99. The van der Waals surface area contributed by atoms with Gasteiger partial charge in [-0.3, -0.25) is 5.84 Å². The van der Waals surface area contributed by atoms with Crippen LogP contribution in [0.15, 0.2) is 24.3 Å². The summed E-state index contributed by atoms with van der Waals surface area (Å²) >= 11 is 5.81. The Balaban J connectivity index is 2.73. The van der Waals surface area contributed by atoms with Crippen molar-refractivity contribution in [2.75, 3.05) is 5.43 Å². The van der Waals surface area contributed by atoms with E-state index in [0.29, 0.717) is 21.6 Å². The maximum atomic E-state index is 12.5. The van der Waals surface area contributed by atoms with E-state index in [4.69, 9.17) is 17.4 Å². The first-order valence-corrected chi connectivity index (χ1v) is 4.84. The van der Waals surface area contributed by atoms with Crippen molar-refractivity contribution >= 4 is 28.2 Å². The summed E-state index contributed by atoms with van der Waals surface area (Å²) in [5.41, 5.74) is 2.85. The number of nitrogens with zero attached hydrogens (tertiary/aromatic N) is 1. The van der Waals surface area contributed by atoms with Gasteiger partial charge in [0.2, 0.25) is 0 Å². The number of nitrogens with two attached hydrogens (primary N) is 1. The third kappa shape index (κ3) is 1.91. The van der Waals surface area contributed by atoms with Gasteiger partial charge in [-0.15, -0.1) is 0 Å². The van der Waals surface area contributed by atoms with Crippen molar-refractivity contribution in [3.8, 4) is 0 Å². The number of alkyl halides is 2. The first-order chi connectivity index (χ1) is 7.61. The lowest BCUT2D eigenvalue weighted by Gasteiger charge is -2.08. The maximum Gasteiger partial charge on any atom is 0.280 e. The zero-order valence-corrected chi connectivity index (χ0v) is 8.80. The second-order valence-electron chi connectivity index (χ2n) is 3.20. The Bertz CT molecular complexity index is 531. The molecule has 0 spiro atoms. The molecule has 84 valence electrons. The van der Waals surface area contributed by atoms with Gasteiger partial charge in [0.1, 0.15) is 5.69 Å². The minimum atomic E-state index is -2.63. The van der Waals surface area contributed by atoms with E-state index in [0.717, 1.165) is 0 Å². The smallest absolute Gasteiger partial charge is 0.280 e. The lowest BCUT2D eigenvalue weighted by Crippen LogP contribution is -2.08. The molecule has 0 atom stereocenters. The molecule has 0 radical (unpaired) electrons. The van der Waals surface area contributed by atoms with E-state index < -0.39 is 6.43 Å². The quantitative estimate of drug-likeness (QED) is 0.629. The van der Waals surface area contributed by atoms with Gasteiger partial charge in [0.15, 0.2) is 0 Å². The van der Waals surface area contributed by atoms with Crippen LogP contribution >= 0.6 is 11.6 Å². The van der Waals surface area contributed by atoms with Gasteiger partial charge < -0.3 is 5.43 Å². The normalized spacial score (nSPS) is 11.1. The molecule has 16 heavy (non-hydrogen) atoms. The van der Waals surface area contributed by atoms with Crippen molar-refractivity contribution in [2.24, 2.45) is 5.84 Å². The average Bonchev–Trinajstić information content (AvgIpc) is 2.27. The van der Waals surface area contributed by atoms with Crippen LogP contribution in [0, 0.1) is 0 Å². The number of hydrogen-bond acceptors (Lipinski definition) is 3. The van der Waals surface area contributed by atoms with Crippen molar-refractivity contribution in [1.29, 1.82) is 0 Å². The fraction of sp³-hybridized carbons (Fsp3) is 0.100. The molecule has 3 nitrogen and oxygen atoms in total.